The van der Waals surface area contributed by atoms with E-state index in [0.717, 1.165) is 35.9 Å². The minimum atomic E-state index is -0.908. The zero-order valence-electron chi connectivity index (χ0n) is 26.8. The van der Waals surface area contributed by atoms with Gasteiger partial charge in [-0.25, -0.2) is 9.78 Å². The molecule has 0 radical (unpaired) electrons. The third kappa shape index (κ3) is 6.45. The summed E-state index contributed by atoms with van der Waals surface area (Å²) in [6.45, 7) is 7.62. The van der Waals surface area contributed by atoms with Crippen molar-refractivity contribution in [2.45, 2.75) is 96.1 Å². The van der Waals surface area contributed by atoms with Crippen molar-refractivity contribution in [1.82, 2.24) is 9.88 Å². The van der Waals surface area contributed by atoms with Crippen molar-refractivity contribution in [2.75, 3.05) is 25.0 Å². The van der Waals surface area contributed by atoms with Crippen LogP contribution in [-0.4, -0.2) is 65.4 Å². The topological polar surface area (TPSA) is 108 Å². The highest BCUT2D eigenvalue weighted by molar-refractivity contribution is 6.31. The highest BCUT2D eigenvalue weighted by Crippen LogP contribution is 2.60. The number of anilines is 1. The minimum Gasteiger partial charge on any atom is -0.435 e. The third-order valence-corrected chi connectivity index (χ3v) is 10.6. The fourth-order valence-electron chi connectivity index (χ4n) is 7.90. The van der Waals surface area contributed by atoms with Gasteiger partial charge in [0.05, 0.1) is 11.9 Å². The van der Waals surface area contributed by atoms with Gasteiger partial charge in [-0.1, -0.05) is 25.4 Å². The van der Waals surface area contributed by atoms with Gasteiger partial charge in [0.1, 0.15) is 0 Å². The van der Waals surface area contributed by atoms with E-state index >= 15 is 0 Å². The highest BCUT2D eigenvalue weighted by Gasteiger charge is 2.69. The number of hydrogen-bond donors (Lipinski definition) is 1. The summed E-state index contributed by atoms with van der Waals surface area (Å²) in [5.41, 5.74) is 0.963. The van der Waals surface area contributed by atoms with E-state index in [1.807, 2.05) is 38.1 Å². The zero-order chi connectivity index (χ0) is 32.5. The van der Waals surface area contributed by atoms with Crippen molar-refractivity contribution in [3.63, 3.8) is 0 Å². The number of benzene rings is 1. The summed E-state index contributed by atoms with van der Waals surface area (Å²) in [5.74, 6) is 1.69. The molecular weight excluding hydrogens is 610 g/mol. The number of pyridine rings is 1. The van der Waals surface area contributed by atoms with Crippen LogP contribution in [0, 0.1) is 36.0 Å². The predicted octanol–water partition coefficient (Wildman–Crippen LogP) is 6.07. The number of carbonyl (C=O) groups excluding carboxylic acids is 2. The smallest absolute Gasteiger partial charge is 0.308 e. The van der Waals surface area contributed by atoms with Crippen LogP contribution < -0.4 is 5.32 Å². The number of nitrogens with zero attached hydrogens (tertiary/aromatic N) is 2. The minimum absolute atomic E-state index is 0.0224. The Kier molecular flexibility index (Phi) is 9.79. The van der Waals surface area contributed by atoms with E-state index in [9.17, 15) is 9.59 Å². The Hall–Kier alpha value is -2.94. The molecule has 2 bridgehead atoms. The molecule has 248 valence electrons. The molecule has 1 N–H and O–H groups in total. The molecule has 4 aliphatic heterocycles. The van der Waals surface area contributed by atoms with Crippen molar-refractivity contribution in [3.8, 4) is 12.3 Å². The zero-order valence-corrected chi connectivity index (χ0v) is 27.6. The van der Waals surface area contributed by atoms with Gasteiger partial charge in [0.25, 0.3) is 0 Å². The number of rotatable bonds is 11. The number of ether oxygens (including phenoxy) is 3. The van der Waals surface area contributed by atoms with Crippen LogP contribution >= 0.6 is 11.6 Å². The number of fused-ring (bicyclic) bond motifs is 3. The maximum Gasteiger partial charge on any atom is 0.308 e. The number of terminal acetylenes is 1. The fourth-order valence-corrected chi connectivity index (χ4v) is 8.06. The normalized spacial score (nSPS) is 33.0. The van der Waals surface area contributed by atoms with Crippen LogP contribution in [0.25, 0.3) is 10.9 Å². The Morgan fingerprint density at radius 1 is 1.15 bits per heavy atom. The lowest BCUT2D eigenvalue weighted by Crippen LogP contribution is -2.70. The van der Waals surface area contributed by atoms with E-state index < -0.39 is 29.9 Å². The van der Waals surface area contributed by atoms with E-state index in [1.54, 1.807) is 11.1 Å². The number of aromatic nitrogens is 1. The second-order valence-corrected chi connectivity index (χ2v) is 13.8. The van der Waals surface area contributed by atoms with Crippen molar-refractivity contribution in [3.05, 3.63) is 35.5 Å². The summed E-state index contributed by atoms with van der Waals surface area (Å²) < 4.78 is 18.6. The number of nitrogens with one attached hydrogen (secondary N) is 1. The molecule has 10 nitrogen and oxygen atoms in total. The SMILES string of the molecule is C#CCCCN(CCNc1ccnc2cc(Cl)ccc12)C(=O)CCC(=O)O[C@@H]1O[C@@H]2O[C@@]3(C)CC[C@H]4[C@H](C)CC[C@@H]([C@H]1C)[C@@]24OO3. The molecule has 0 unspecified atom stereocenters. The highest BCUT2D eigenvalue weighted by atomic mass is 35.5. The first kappa shape index (κ1) is 33.0. The standard InChI is InChI=1S/C35H44ClN3O7/c1-5-6-7-19-39(20-18-38-28-15-17-37-29-21-24(36)9-10-25(28)29)30(40)12-13-31(41)42-32-23(3)27-11-8-22(2)26-14-16-34(4)44-33(43-32)35(26,27)46-45-34/h1,9-10,15,17,21-23,26-27,32-33H,6-8,11-14,16,18-20H2,2-4H3,(H,37,38)/t22-,23-,26+,27+,32-,33-,34-,35-/m1/s1. The van der Waals surface area contributed by atoms with Crippen LogP contribution in [-0.2, 0) is 33.6 Å². The predicted molar refractivity (Wildman–Crippen MR) is 172 cm³/mol. The van der Waals surface area contributed by atoms with Gasteiger partial charge in [-0.2, -0.15) is 0 Å². The lowest BCUT2D eigenvalue weighted by atomic mass is 9.58. The molecule has 4 saturated heterocycles. The van der Waals surface area contributed by atoms with Gasteiger partial charge in [-0.05, 0) is 68.7 Å². The Morgan fingerprint density at radius 2 is 2.00 bits per heavy atom. The second kappa shape index (κ2) is 13.7. The number of amides is 1. The molecule has 1 saturated carbocycles. The van der Waals surface area contributed by atoms with Crippen LogP contribution in [0.3, 0.4) is 0 Å². The summed E-state index contributed by atoms with van der Waals surface area (Å²) in [6, 6.07) is 7.46. The van der Waals surface area contributed by atoms with E-state index in [4.69, 9.17) is 42.0 Å². The molecule has 5 aliphatic rings. The van der Waals surface area contributed by atoms with E-state index in [-0.39, 0.29) is 36.5 Å². The van der Waals surface area contributed by atoms with Crippen LogP contribution in [0.5, 0.6) is 0 Å². The Balaban J connectivity index is 1.05. The van der Waals surface area contributed by atoms with Crippen LogP contribution in [0.1, 0.15) is 72.1 Å². The molecule has 46 heavy (non-hydrogen) atoms. The summed E-state index contributed by atoms with van der Waals surface area (Å²) in [5, 5.41) is 4.97. The number of halogens is 1. The first-order chi connectivity index (χ1) is 22.1. The molecule has 1 amide bonds. The molecular formula is C35H44ClN3O7. The van der Waals surface area contributed by atoms with Crippen molar-refractivity contribution >= 4 is 40.1 Å². The largest absolute Gasteiger partial charge is 0.435 e. The molecule has 1 spiro atoms. The van der Waals surface area contributed by atoms with Gasteiger partial charge < -0.3 is 24.4 Å². The number of unbranched alkanes of at least 4 members (excludes halogenated alkanes) is 1. The molecule has 2 aromatic rings. The van der Waals surface area contributed by atoms with Gasteiger partial charge in [-0.3, -0.25) is 14.6 Å². The lowest BCUT2D eigenvalue weighted by molar-refractivity contribution is -0.576. The first-order valence-electron chi connectivity index (χ1n) is 16.5. The molecule has 7 rings (SSSR count). The summed E-state index contributed by atoms with van der Waals surface area (Å²) in [6.07, 6.45) is 10.5. The molecule has 5 fully saturated rings. The molecule has 8 atom stereocenters. The lowest BCUT2D eigenvalue weighted by Gasteiger charge is -2.59. The van der Waals surface area contributed by atoms with Gasteiger partial charge in [0.2, 0.25) is 18.0 Å². The van der Waals surface area contributed by atoms with Gasteiger partial charge in [0, 0.05) is 73.0 Å². The van der Waals surface area contributed by atoms with Gasteiger partial charge in [-0.15, -0.1) is 12.3 Å². The van der Waals surface area contributed by atoms with Crippen LogP contribution in [0.2, 0.25) is 5.02 Å². The quantitative estimate of drug-likeness (QED) is 0.134. The Labute approximate surface area is 275 Å². The summed E-state index contributed by atoms with van der Waals surface area (Å²) in [4.78, 5) is 44.7. The van der Waals surface area contributed by atoms with Crippen molar-refractivity contribution < 1.29 is 33.6 Å². The summed E-state index contributed by atoms with van der Waals surface area (Å²) >= 11 is 6.13. The second-order valence-electron chi connectivity index (χ2n) is 13.4. The maximum atomic E-state index is 13.3. The van der Waals surface area contributed by atoms with Crippen molar-refractivity contribution in [1.29, 1.82) is 0 Å². The molecule has 1 aromatic heterocycles. The third-order valence-electron chi connectivity index (χ3n) is 10.4. The fraction of sp³-hybridized carbons (Fsp3) is 0.629. The number of carbonyl (C=O) groups is 2. The van der Waals surface area contributed by atoms with Gasteiger partial charge in [0.15, 0.2) is 11.9 Å². The monoisotopic (exact) mass is 653 g/mol. The van der Waals surface area contributed by atoms with E-state index in [0.29, 0.717) is 49.8 Å². The van der Waals surface area contributed by atoms with Crippen LogP contribution in [0.4, 0.5) is 5.69 Å². The first-order valence-corrected chi connectivity index (χ1v) is 16.9. The van der Waals surface area contributed by atoms with E-state index in [2.05, 4.69) is 23.1 Å². The summed E-state index contributed by atoms with van der Waals surface area (Å²) in [7, 11) is 0. The van der Waals surface area contributed by atoms with Crippen molar-refractivity contribution in [2.24, 2.45) is 23.7 Å². The number of esters is 1. The average Bonchev–Trinajstić information content (AvgIpc) is 3.27. The molecule has 1 aromatic carbocycles. The Morgan fingerprint density at radius 3 is 2.83 bits per heavy atom. The molecule has 1 aliphatic carbocycles. The van der Waals surface area contributed by atoms with Crippen LogP contribution in [0.15, 0.2) is 30.5 Å². The molecule has 5 heterocycles. The molecule has 11 heteroatoms. The maximum absolute atomic E-state index is 13.3. The van der Waals surface area contributed by atoms with Gasteiger partial charge >= 0.3 is 5.97 Å². The number of hydrogen-bond acceptors (Lipinski definition) is 9. The Bertz CT molecular complexity index is 1480. The van der Waals surface area contributed by atoms with E-state index in [1.165, 1.54) is 0 Å². The average molecular weight is 654 g/mol.